The number of aromatic nitrogens is 1. The highest BCUT2D eigenvalue weighted by Gasteiger charge is 2.32. The molecule has 0 atom stereocenters. The summed E-state index contributed by atoms with van der Waals surface area (Å²) in [6.07, 6.45) is 7.56. The van der Waals surface area contributed by atoms with E-state index in [2.05, 4.69) is 16.4 Å². The molecule has 0 spiro atoms. The molecule has 2 aromatic heterocycles. The monoisotopic (exact) mass is 591 g/mol. The number of hydrogen-bond donors (Lipinski definition) is 1. The van der Waals surface area contributed by atoms with Crippen LogP contribution >= 0.6 is 47.8 Å². The van der Waals surface area contributed by atoms with Crippen molar-refractivity contribution >= 4 is 63.7 Å². The maximum absolute atomic E-state index is 14.1. The minimum Gasteiger partial charge on any atom is -0.496 e. The molecular weight excluding hydrogens is 561 g/mol. The largest absolute Gasteiger partial charge is 0.496 e. The second kappa shape index (κ2) is 13.6. The number of amides is 1. The van der Waals surface area contributed by atoms with Gasteiger partial charge in [-0.25, -0.2) is 0 Å². The molecule has 5 rings (SSSR count). The lowest BCUT2D eigenvalue weighted by Crippen LogP contribution is -2.44. The van der Waals surface area contributed by atoms with Crippen molar-refractivity contribution in [1.29, 1.82) is 0 Å². The number of rotatable bonds is 7. The van der Waals surface area contributed by atoms with Gasteiger partial charge >= 0.3 is 0 Å². The fraction of sp³-hybridized carbons (Fsp3) is 0.310. The molecule has 0 radical (unpaired) electrons. The molecule has 0 bridgehead atoms. The van der Waals surface area contributed by atoms with Gasteiger partial charge in [-0.05, 0) is 74.2 Å². The quantitative estimate of drug-likeness (QED) is 0.240. The van der Waals surface area contributed by atoms with Gasteiger partial charge in [-0.2, -0.15) is 0 Å². The van der Waals surface area contributed by atoms with Crippen LogP contribution in [-0.2, 0) is 6.54 Å². The lowest BCUT2D eigenvalue weighted by molar-refractivity contribution is 0.0604. The maximum atomic E-state index is 14.1. The van der Waals surface area contributed by atoms with Crippen LogP contribution in [0.15, 0.2) is 67.0 Å². The van der Waals surface area contributed by atoms with Gasteiger partial charge in [0.1, 0.15) is 10.6 Å². The van der Waals surface area contributed by atoms with Gasteiger partial charge in [0.25, 0.3) is 5.91 Å². The topological polar surface area (TPSA) is 54.5 Å². The van der Waals surface area contributed by atoms with Crippen LogP contribution in [0.4, 0.5) is 0 Å². The number of hydrogen-bond acceptors (Lipinski definition) is 5. The lowest BCUT2D eigenvalue weighted by Gasteiger charge is -2.37. The molecule has 5 nitrogen and oxygen atoms in total. The average Bonchev–Trinajstić information content (AvgIpc) is 3.28. The number of ether oxygens (including phenoxy) is 1. The molecule has 1 amide bonds. The Morgan fingerprint density at radius 3 is 2.42 bits per heavy atom. The van der Waals surface area contributed by atoms with Gasteiger partial charge in [0.2, 0.25) is 0 Å². The number of carbonyl (C=O) groups is 1. The molecule has 38 heavy (non-hydrogen) atoms. The summed E-state index contributed by atoms with van der Waals surface area (Å²) in [5.41, 5.74) is 3.13. The normalized spacial score (nSPS) is 16.8. The first-order valence-corrected chi connectivity index (χ1v) is 13.5. The van der Waals surface area contributed by atoms with E-state index < -0.39 is 0 Å². The summed E-state index contributed by atoms with van der Waals surface area (Å²) in [6, 6.07) is 18.7. The van der Waals surface area contributed by atoms with Gasteiger partial charge in [0.05, 0.1) is 12.1 Å². The minimum absolute atomic E-state index is 0. The van der Waals surface area contributed by atoms with E-state index in [1.807, 2.05) is 60.5 Å². The third kappa shape index (κ3) is 6.27. The first kappa shape index (κ1) is 30.2. The van der Waals surface area contributed by atoms with Crippen molar-refractivity contribution in [3.63, 3.8) is 0 Å². The van der Waals surface area contributed by atoms with E-state index >= 15 is 0 Å². The number of nitrogens with zero attached hydrogens (tertiary/aromatic N) is 2. The summed E-state index contributed by atoms with van der Waals surface area (Å²) in [4.78, 5) is 20.9. The molecule has 4 aromatic rings. The Hall–Kier alpha value is -2.35. The van der Waals surface area contributed by atoms with E-state index in [0.717, 1.165) is 58.2 Å². The van der Waals surface area contributed by atoms with Crippen molar-refractivity contribution in [1.82, 2.24) is 15.2 Å². The minimum atomic E-state index is -0.00882. The van der Waals surface area contributed by atoms with Crippen LogP contribution < -0.4 is 10.1 Å². The van der Waals surface area contributed by atoms with Crippen LogP contribution in [0.25, 0.3) is 21.2 Å². The molecular formula is C29H32Cl3N3O2S. The van der Waals surface area contributed by atoms with E-state index in [4.69, 9.17) is 16.3 Å². The lowest BCUT2D eigenvalue weighted by atomic mass is 9.89. The Labute approximate surface area is 245 Å². The predicted molar refractivity (Wildman–Crippen MR) is 163 cm³/mol. The van der Waals surface area contributed by atoms with Crippen molar-refractivity contribution in [2.45, 2.75) is 44.3 Å². The number of carbonyl (C=O) groups excluding carboxylic acids is 1. The SMILES string of the molecule is CNC1CCC(N(Cc2cc(-c3ccncc3)ccc2OC)C(=O)c2sc3ccccc3c2Cl)CC1.Cl.Cl. The number of pyridine rings is 1. The Kier molecular flexibility index (Phi) is 10.8. The van der Waals surface area contributed by atoms with Crippen LogP contribution in [0.5, 0.6) is 5.75 Å². The van der Waals surface area contributed by atoms with Crippen LogP contribution in [0.2, 0.25) is 5.02 Å². The van der Waals surface area contributed by atoms with Gasteiger partial charge in [-0.15, -0.1) is 36.2 Å². The zero-order valence-corrected chi connectivity index (χ0v) is 24.6. The second-order valence-corrected chi connectivity index (χ2v) is 10.7. The van der Waals surface area contributed by atoms with Gasteiger partial charge < -0.3 is 15.0 Å². The highest BCUT2D eigenvalue weighted by Crippen LogP contribution is 2.38. The summed E-state index contributed by atoms with van der Waals surface area (Å²) >= 11 is 8.25. The molecule has 1 aliphatic rings. The predicted octanol–water partition coefficient (Wildman–Crippen LogP) is 7.64. The Morgan fingerprint density at radius 1 is 1.05 bits per heavy atom. The van der Waals surface area contributed by atoms with Gasteiger partial charge in [0.15, 0.2) is 0 Å². The average molecular weight is 593 g/mol. The number of methoxy groups -OCH3 is 1. The van der Waals surface area contributed by atoms with Crippen LogP contribution in [0.3, 0.4) is 0 Å². The fourth-order valence-electron chi connectivity index (χ4n) is 5.13. The Bertz CT molecular complexity index is 1360. The van der Waals surface area contributed by atoms with Crippen LogP contribution in [0.1, 0.15) is 40.9 Å². The molecule has 0 unspecified atom stereocenters. The zero-order chi connectivity index (χ0) is 25.1. The molecule has 2 heterocycles. The van der Waals surface area contributed by atoms with Gasteiger partial charge in [-0.3, -0.25) is 9.78 Å². The van der Waals surface area contributed by atoms with E-state index in [0.29, 0.717) is 22.5 Å². The van der Waals surface area contributed by atoms with E-state index in [-0.39, 0.29) is 36.8 Å². The van der Waals surface area contributed by atoms with E-state index in [1.54, 1.807) is 19.5 Å². The fourth-order valence-corrected chi connectivity index (χ4v) is 6.60. The summed E-state index contributed by atoms with van der Waals surface area (Å²) in [7, 11) is 3.69. The van der Waals surface area contributed by atoms with E-state index in [1.165, 1.54) is 11.3 Å². The first-order chi connectivity index (χ1) is 17.6. The second-order valence-electron chi connectivity index (χ2n) is 9.23. The molecule has 1 saturated carbocycles. The molecule has 202 valence electrons. The Balaban J connectivity index is 0.00000200. The third-order valence-corrected chi connectivity index (χ3v) is 8.83. The van der Waals surface area contributed by atoms with Crippen molar-refractivity contribution < 1.29 is 9.53 Å². The standard InChI is InChI=1S/C29H30ClN3O2S.2ClH/c1-31-22-8-10-23(11-9-22)33(29(34)28-27(30)24-5-3-4-6-26(24)36-28)18-21-17-20(7-12-25(21)35-2)19-13-15-32-16-14-19;;/h3-7,12-17,22-23,31H,8-11,18H2,1-2H3;2*1H. The van der Waals surface area contributed by atoms with Crippen LogP contribution in [-0.4, -0.2) is 42.0 Å². The van der Waals surface area contributed by atoms with Gasteiger partial charge in [0, 0.05) is 46.7 Å². The number of halogens is 3. The van der Waals surface area contributed by atoms with Crippen molar-refractivity contribution in [3.05, 3.63) is 82.5 Å². The summed E-state index contributed by atoms with van der Waals surface area (Å²) in [6.45, 7) is 0.459. The third-order valence-electron chi connectivity index (χ3n) is 7.17. The first-order valence-electron chi connectivity index (χ1n) is 12.3. The zero-order valence-electron chi connectivity index (χ0n) is 21.4. The van der Waals surface area contributed by atoms with Crippen molar-refractivity contribution in [3.8, 4) is 16.9 Å². The number of nitrogens with one attached hydrogen (secondary N) is 1. The molecule has 1 N–H and O–H groups in total. The number of fused-ring (bicyclic) bond motifs is 1. The van der Waals surface area contributed by atoms with Crippen LogP contribution in [0, 0.1) is 0 Å². The summed E-state index contributed by atoms with van der Waals surface area (Å²) in [5, 5.41) is 4.88. The highest BCUT2D eigenvalue weighted by molar-refractivity contribution is 7.21. The van der Waals surface area contributed by atoms with Crippen molar-refractivity contribution in [2.24, 2.45) is 0 Å². The van der Waals surface area contributed by atoms with E-state index in [9.17, 15) is 4.79 Å². The maximum Gasteiger partial charge on any atom is 0.266 e. The molecule has 1 fully saturated rings. The molecule has 2 aromatic carbocycles. The molecule has 1 aliphatic carbocycles. The molecule has 0 aliphatic heterocycles. The Morgan fingerprint density at radius 2 is 1.76 bits per heavy atom. The summed E-state index contributed by atoms with van der Waals surface area (Å²) < 4.78 is 6.76. The smallest absolute Gasteiger partial charge is 0.266 e. The summed E-state index contributed by atoms with van der Waals surface area (Å²) in [5.74, 6) is 0.766. The number of benzene rings is 2. The highest BCUT2D eigenvalue weighted by atomic mass is 35.5. The van der Waals surface area contributed by atoms with Crippen molar-refractivity contribution in [2.75, 3.05) is 14.2 Å². The van der Waals surface area contributed by atoms with Gasteiger partial charge in [-0.1, -0.05) is 35.9 Å². The molecule has 0 saturated heterocycles. The molecule has 9 heteroatoms. The number of thiophene rings is 1.